The lowest BCUT2D eigenvalue weighted by Crippen LogP contribution is -2.10. The first-order chi connectivity index (χ1) is 9.97. The van der Waals surface area contributed by atoms with Crippen molar-refractivity contribution in [3.63, 3.8) is 0 Å². The molecule has 2 heterocycles. The van der Waals surface area contributed by atoms with Crippen LogP contribution in [0.25, 0.3) is 10.9 Å². The van der Waals surface area contributed by atoms with Gasteiger partial charge >= 0.3 is 6.18 Å². The molecule has 1 amide bonds. The number of carbonyl (C=O) groups is 1. The summed E-state index contributed by atoms with van der Waals surface area (Å²) in [5, 5.41) is 10.6. The second-order valence-electron chi connectivity index (χ2n) is 4.23. The zero-order valence-electron chi connectivity index (χ0n) is 10.4. The Kier molecular flexibility index (Phi) is 3.17. The number of rotatable bonds is 2. The zero-order valence-corrected chi connectivity index (χ0v) is 11.2. The van der Waals surface area contributed by atoms with E-state index in [9.17, 15) is 18.0 Å². The first-order valence-corrected chi connectivity index (χ1v) is 6.74. The molecule has 3 aromatic rings. The predicted molar refractivity (Wildman–Crippen MR) is 73.4 cm³/mol. The number of aromatic nitrogens is 2. The summed E-state index contributed by atoms with van der Waals surface area (Å²) in [7, 11) is 0. The number of anilines is 1. The Bertz CT molecular complexity index is 793. The Labute approximate surface area is 120 Å². The third-order valence-corrected chi connectivity index (χ3v) is 3.75. The summed E-state index contributed by atoms with van der Waals surface area (Å²) < 4.78 is 38.6. The number of benzene rings is 1. The van der Waals surface area contributed by atoms with Crippen molar-refractivity contribution >= 4 is 34.0 Å². The van der Waals surface area contributed by atoms with Gasteiger partial charge in [-0.1, -0.05) is 12.1 Å². The van der Waals surface area contributed by atoms with E-state index in [4.69, 9.17) is 0 Å². The average Bonchev–Trinajstić information content (AvgIpc) is 3.07. The summed E-state index contributed by atoms with van der Waals surface area (Å²) in [6.45, 7) is 0. The highest BCUT2D eigenvalue weighted by Gasteiger charge is 2.33. The van der Waals surface area contributed by atoms with Crippen molar-refractivity contribution in [3.8, 4) is 0 Å². The second-order valence-corrected chi connectivity index (χ2v) is 5.18. The molecule has 2 N–H and O–H groups in total. The predicted octanol–water partition coefficient (Wildman–Crippen LogP) is 3.90. The van der Waals surface area contributed by atoms with Crippen molar-refractivity contribution in [2.45, 2.75) is 6.18 Å². The van der Waals surface area contributed by atoms with E-state index in [1.54, 1.807) is 17.5 Å². The van der Waals surface area contributed by atoms with Crippen LogP contribution in [0.3, 0.4) is 0 Å². The van der Waals surface area contributed by atoms with Gasteiger partial charge in [0, 0.05) is 5.39 Å². The number of nitrogens with one attached hydrogen (secondary N) is 2. The first-order valence-electron chi connectivity index (χ1n) is 5.86. The summed E-state index contributed by atoms with van der Waals surface area (Å²) in [6.07, 6.45) is -4.49. The molecule has 0 unspecified atom stereocenters. The van der Waals surface area contributed by atoms with Crippen LogP contribution in [0.1, 0.15) is 15.2 Å². The lowest BCUT2D eigenvalue weighted by molar-refractivity contribution is -0.136. The molecule has 0 spiro atoms. The molecule has 0 saturated carbocycles. The first kappa shape index (κ1) is 13.6. The number of thiophene rings is 1. The lowest BCUT2D eigenvalue weighted by Gasteiger charge is -2.07. The summed E-state index contributed by atoms with van der Waals surface area (Å²) in [5.74, 6) is -0.328. The third kappa shape index (κ3) is 2.49. The second kappa shape index (κ2) is 4.88. The maximum absolute atomic E-state index is 12.9. The highest BCUT2D eigenvalue weighted by molar-refractivity contribution is 7.12. The smallest absolute Gasteiger partial charge is 0.304 e. The SMILES string of the molecule is O=C(Nc1n[nH]c2c(C(F)(F)F)cccc12)c1cccs1. The van der Waals surface area contributed by atoms with Crippen LogP contribution in [0, 0.1) is 0 Å². The van der Waals surface area contributed by atoms with E-state index < -0.39 is 17.6 Å². The number of alkyl halides is 3. The number of nitrogens with zero attached hydrogens (tertiary/aromatic N) is 1. The number of aromatic amines is 1. The Morgan fingerprint density at radius 1 is 1.24 bits per heavy atom. The number of hydrogen-bond acceptors (Lipinski definition) is 3. The van der Waals surface area contributed by atoms with E-state index >= 15 is 0 Å². The van der Waals surface area contributed by atoms with Gasteiger partial charge in [0.1, 0.15) is 0 Å². The van der Waals surface area contributed by atoms with Crippen molar-refractivity contribution in [3.05, 3.63) is 46.2 Å². The van der Waals surface area contributed by atoms with Gasteiger partial charge in [0.05, 0.1) is 16.0 Å². The Hall–Kier alpha value is -2.35. The molecule has 4 nitrogen and oxygen atoms in total. The molecule has 0 radical (unpaired) electrons. The number of halogens is 3. The molecule has 1 aromatic carbocycles. The quantitative estimate of drug-likeness (QED) is 0.754. The van der Waals surface area contributed by atoms with Gasteiger partial charge in [-0.3, -0.25) is 9.89 Å². The standard InChI is InChI=1S/C13H8F3N3OS/c14-13(15,16)8-4-1-3-7-10(8)18-19-11(7)17-12(20)9-5-2-6-21-9/h1-6H,(H2,17,18,19,20). The van der Waals surface area contributed by atoms with Crippen LogP contribution in [0.4, 0.5) is 19.0 Å². The molecule has 0 fully saturated rings. The van der Waals surface area contributed by atoms with Crippen molar-refractivity contribution in [2.75, 3.05) is 5.32 Å². The molecular weight excluding hydrogens is 303 g/mol. The minimum absolute atomic E-state index is 0.0782. The van der Waals surface area contributed by atoms with Gasteiger partial charge < -0.3 is 5.32 Å². The fourth-order valence-electron chi connectivity index (χ4n) is 1.95. The van der Waals surface area contributed by atoms with Gasteiger partial charge in [-0.15, -0.1) is 11.3 Å². The molecule has 108 valence electrons. The number of carbonyl (C=O) groups excluding carboxylic acids is 1. The van der Waals surface area contributed by atoms with Crippen molar-refractivity contribution in [1.82, 2.24) is 10.2 Å². The molecule has 3 rings (SSSR count). The van der Waals surface area contributed by atoms with Gasteiger partial charge in [-0.05, 0) is 23.6 Å². The normalized spacial score (nSPS) is 11.8. The van der Waals surface area contributed by atoms with E-state index in [0.29, 0.717) is 4.88 Å². The van der Waals surface area contributed by atoms with E-state index in [1.807, 2.05) is 0 Å². The van der Waals surface area contributed by atoms with Crippen molar-refractivity contribution in [2.24, 2.45) is 0 Å². The van der Waals surface area contributed by atoms with Crippen LogP contribution >= 0.6 is 11.3 Å². The average molecular weight is 311 g/mol. The maximum atomic E-state index is 12.9. The number of fused-ring (bicyclic) bond motifs is 1. The zero-order chi connectivity index (χ0) is 15.0. The van der Waals surface area contributed by atoms with Crippen LogP contribution in [0.15, 0.2) is 35.7 Å². The van der Waals surface area contributed by atoms with Crippen LogP contribution < -0.4 is 5.32 Å². The minimum atomic E-state index is -4.49. The van der Waals surface area contributed by atoms with E-state index in [2.05, 4.69) is 15.5 Å². The fraction of sp³-hybridized carbons (Fsp3) is 0.0769. The van der Waals surface area contributed by atoms with E-state index in [0.717, 1.165) is 6.07 Å². The largest absolute Gasteiger partial charge is 0.418 e. The van der Waals surface area contributed by atoms with E-state index in [-0.39, 0.29) is 16.7 Å². The van der Waals surface area contributed by atoms with E-state index in [1.165, 1.54) is 23.5 Å². The molecule has 2 aromatic heterocycles. The Balaban J connectivity index is 2.00. The summed E-state index contributed by atoms with van der Waals surface area (Å²) in [4.78, 5) is 12.4. The molecule has 21 heavy (non-hydrogen) atoms. The van der Waals surface area contributed by atoms with Crippen LogP contribution in [-0.4, -0.2) is 16.1 Å². The summed E-state index contributed by atoms with van der Waals surface area (Å²) in [6, 6.07) is 7.05. The molecule has 0 aliphatic carbocycles. The van der Waals surface area contributed by atoms with Gasteiger partial charge in [0.25, 0.3) is 5.91 Å². The van der Waals surface area contributed by atoms with Crippen LogP contribution in [0.2, 0.25) is 0 Å². The molecule has 0 aliphatic heterocycles. The molecular formula is C13H8F3N3OS. The molecule has 0 saturated heterocycles. The monoisotopic (exact) mass is 311 g/mol. The fourth-order valence-corrected chi connectivity index (χ4v) is 2.57. The van der Waals surface area contributed by atoms with Crippen LogP contribution in [0.5, 0.6) is 0 Å². The molecule has 0 bridgehead atoms. The highest BCUT2D eigenvalue weighted by Crippen LogP contribution is 2.35. The molecule has 0 atom stereocenters. The number of H-pyrrole nitrogens is 1. The van der Waals surface area contributed by atoms with Gasteiger partial charge in [0.15, 0.2) is 5.82 Å². The molecule has 8 heteroatoms. The van der Waals surface area contributed by atoms with Crippen LogP contribution in [-0.2, 0) is 6.18 Å². The minimum Gasteiger partial charge on any atom is -0.304 e. The Morgan fingerprint density at radius 2 is 2.05 bits per heavy atom. The Morgan fingerprint density at radius 3 is 2.71 bits per heavy atom. The van der Waals surface area contributed by atoms with Gasteiger partial charge in [0.2, 0.25) is 0 Å². The van der Waals surface area contributed by atoms with Gasteiger partial charge in [-0.25, -0.2) is 0 Å². The lowest BCUT2D eigenvalue weighted by atomic mass is 10.1. The highest BCUT2D eigenvalue weighted by atomic mass is 32.1. The van der Waals surface area contributed by atoms with Gasteiger partial charge in [-0.2, -0.15) is 18.3 Å². The third-order valence-electron chi connectivity index (χ3n) is 2.88. The molecule has 0 aliphatic rings. The number of hydrogen-bond donors (Lipinski definition) is 2. The summed E-state index contributed by atoms with van der Waals surface area (Å²) in [5.41, 5.74) is -0.962. The summed E-state index contributed by atoms with van der Waals surface area (Å²) >= 11 is 1.24. The topological polar surface area (TPSA) is 57.8 Å². The number of amides is 1. The van der Waals surface area contributed by atoms with Crippen molar-refractivity contribution < 1.29 is 18.0 Å². The number of para-hydroxylation sites is 1. The van der Waals surface area contributed by atoms with Crippen molar-refractivity contribution in [1.29, 1.82) is 0 Å². The maximum Gasteiger partial charge on any atom is 0.418 e.